The van der Waals surface area contributed by atoms with Crippen molar-refractivity contribution in [2.75, 3.05) is 0 Å². The number of aromatic nitrogens is 2. The number of hydrogen-bond acceptors (Lipinski definition) is 4. The first-order valence-electron chi connectivity index (χ1n) is 6.78. The summed E-state index contributed by atoms with van der Waals surface area (Å²) < 4.78 is 45.7. The van der Waals surface area contributed by atoms with E-state index in [1.165, 1.54) is 6.07 Å². The van der Waals surface area contributed by atoms with Crippen LogP contribution >= 0.6 is 0 Å². The molecule has 6 nitrogen and oxygen atoms in total. The predicted molar refractivity (Wildman–Crippen MR) is 78.4 cm³/mol. The molecule has 2 aromatic carbocycles. The van der Waals surface area contributed by atoms with Gasteiger partial charge in [0.25, 0.3) is 0 Å². The smallest absolute Gasteiger partial charge is 0.320 e. The number of rotatable bonds is 5. The second-order valence-electron chi connectivity index (χ2n) is 4.82. The van der Waals surface area contributed by atoms with Crippen LogP contribution in [0.25, 0.3) is 11.0 Å². The highest BCUT2D eigenvalue weighted by Gasteiger charge is 2.20. The van der Waals surface area contributed by atoms with Gasteiger partial charge >= 0.3 is 12.2 Å². The van der Waals surface area contributed by atoms with Gasteiger partial charge in [-0.2, -0.15) is 8.78 Å². The fourth-order valence-electron chi connectivity index (χ4n) is 2.31. The molecule has 0 amide bonds. The molecule has 0 unspecified atom stereocenters. The van der Waals surface area contributed by atoms with Crippen molar-refractivity contribution in [1.29, 1.82) is 0 Å². The van der Waals surface area contributed by atoms with Crippen molar-refractivity contribution in [3.8, 4) is 5.75 Å². The van der Waals surface area contributed by atoms with Crippen molar-refractivity contribution >= 4 is 16.7 Å². The minimum Gasteiger partial charge on any atom is -0.479 e. The number of halogens is 3. The lowest BCUT2D eigenvalue weighted by atomic mass is 10.3. The molecule has 0 aliphatic rings. The van der Waals surface area contributed by atoms with Crippen molar-refractivity contribution < 1.29 is 22.8 Å². The molecule has 24 heavy (non-hydrogen) atoms. The van der Waals surface area contributed by atoms with Gasteiger partial charge in [-0.25, -0.2) is 9.37 Å². The van der Waals surface area contributed by atoms with Gasteiger partial charge in [0.2, 0.25) is 0 Å². The lowest BCUT2D eigenvalue weighted by Crippen LogP contribution is -2.08. The van der Waals surface area contributed by atoms with Gasteiger partial charge in [-0.05, 0) is 18.2 Å². The summed E-state index contributed by atoms with van der Waals surface area (Å²) in [6.07, 6.45) is 0. The normalized spacial score (nSPS) is 11.2. The van der Waals surface area contributed by atoms with Crippen LogP contribution in [0.4, 0.5) is 18.9 Å². The van der Waals surface area contributed by atoms with Gasteiger partial charge in [0, 0.05) is 12.1 Å². The zero-order valence-electron chi connectivity index (χ0n) is 12.0. The second-order valence-corrected chi connectivity index (χ2v) is 4.82. The largest absolute Gasteiger partial charge is 0.479 e. The third-order valence-corrected chi connectivity index (χ3v) is 3.34. The molecular formula is C15H10F3N3O3. The SMILES string of the molecule is O=[N+]([O-])c1ccc(F)cc1OCc1nc2ccccc2n1C(F)F. The van der Waals surface area contributed by atoms with E-state index in [-0.39, 0.29) is 17.1 Å². The number of para-hydroxylation sites is 2. The van der Waals surface area contributed by atoms with Crippen LogP contribution in [-0.2, 0) is 6.61 Å². The summed E-state index contributed by atoms with van der Waals surface area (Å²) in [5.41, 5.74) is 0.0843. The highest BCUT2D eigenvalue weighted by molar-refractivity contribution is 5.75. The predicted octanol–water partition coefficient (Wildman–Crippen LogP) is 4.06. The quantitative estimate of drug-likeness (QED) is 0.520. The summed E-state index contributed by atoms with van der Waals surface area (Å²) in [5, 5.41) is 10.9. The Labute approximate surface area is 133 Å². The number of fused-ring (bicyclic) bond motifs is 1. The van der Waals surface area contributed by atoms with Crippen molar-refractivity contribution in [2.24, 2.45) is 0 Å². The average molecular weight is 337 g/mol. The summed E-state index contributed by atoms with van der Waals surface area (Å²) in [5.74, 6) is -1.21. The van der Waals surface area contributed by atoms with Gasteiger partial charge < -0.3 is 4.74 Å². The number of nitro benzene ring substituents is 1. The summed E-state index contributed by atoms with van der Waals surface area (Å²) in [6.45, 7) is -3.33. The van der Waals surface area contributed by atoms with Crippen molar-refractivity contribution in [1.82, 2.24) is 9.55 Å². The van der Waals surface area contributed by atoms with E-state index in [1.807, 2.05) is 0 Å². The standard InChI is InChI=1S/C15H10F3N3O3/c16-9-5-6-12(21(22)23)13(7-9)24-8-14-19-10-3-1-2-4-11(10)20(14)15(17)18/h1-7,15H,8H2. The molecule has 9 heteroatoms. The number of ether oxygens (including phenoxy) is 1. The van der Waals surface area contributed by atoms with Crippen LogP contribution in [0, 0.1) is 15.9 Å². The lowest BCUT2D eigenvalue weighted by molar-refractivity contribution is -0.386. The Morgan fingerprint density at radius 1 is 1.25 bits per heavy atom. The van der Waals surface area contributed by atoms with Gasteiger partial charge in [0.1, 0.15) is 12.4 Å². The second kappa shape index (κ2) is 6.19. The molecule has 0 aliphatic carbocycles. The summed E-state index contributed by atoms with van der Waals surface area (Å²) in [7, 11) is 0. The van der Waals surface area contributed by atoms with E-state index in [0.717, 1.165) is 18.2 Å². The molecule has 3 aromatic rings. The highest BCUT2D eigenvalue weighted by atomic mass is 19.3. The van der Waals surface area contributed by atoms with E-state index in [1.54, 1.807) is 18.2 Å². The highest BCUT2D eigenvalue weighted by Crippen LogP contribution is 2.29. The van der Waals surface area contributed by atoms with Crippen LogP contribution in [-0.4, -0.2) is 14.5 Å². The third-order valence-electron chi connectivity index (χ3n) is 3.34. The van der Waals surface area contributed by atoms with Gasteiger partial charge in [-0.3, -0.25) is 14.7 Å². The molecule has 0 saturated carbocycles. The Bertz CT molecular complexity index is 911. The third kappa shape index (κ3) is 2.87. The molecular weight excluding hydrogens is 327 g/mol. The molecule has 3 rings (SSSR count). The average Bonchev–Trinajstić information content (AvgIpc) is 2.91. The number of nitro groups is 1. The van der Waals surface area contributed by atoms with Crippen LogP contribution in [0.1, 0.15) is 12.4 Å². The van der Waals surface area contributed by atoms with E-state index in [0.29, 0.717) is 10.1 Å². The zero-order chi connectivity index (χ0) is 17.3. The van der Waals surface area contributed by atoms with Crippen LogP contribution in [0.15, 0.2) is 42.5 Å². The fourth-order valence-corrected chi connectivity index (χ4v) is 2.31. The number of benzene rings is 2. The number of hydrogen-bond donors (Lipinski definition) is 0. The molecule has 0 bridgehead atoms. The molecule has 0 spiro atoms. The Morgan fingerprint density at radius 2 is 2.00 bits per heavy atom. The molecule has 1 aromatic heterocycles. The van der Waals surface area contributed by atoms with Gasteiger partial charge in [0.15, 0.2) is 11.6 Å². The maximum Gasteiger partial charge on any atom is 0.320 e. The summed E-state index contributed by atoms with van der Waals surface area (Å²) in [4.78, 5) is 14.2. The first kappa shape index (κ1) is 15.8. The summed E-state index contributed by atoms with van der Waals surface area (Å²) in [6, 6.07) is 8.96. The van der Waals surface area contributed by atoms with Crippen LogP contribution < -0.4 is 4.74 Å². The van der Waals surface area contributed by atoms with Crippen molar-refractivity contribution in [2.45, 2.75) is 13.2 Å². The molecule has 0 radical (unpaired) electrons. The van der Waals surface area contributed by atoms with Crippen molar-refractivity contribution in [3.63, 3.8) is 0 Å². The molecule has 124 valence electrons. The zero-order valence-corrected chi connectivity index (χ0v) is 12.0. The minimum atomic E-state index is -2.86. The van der Waals surface area contributed by atoms with Gasteiger partial charge in [-0.15, -0.1) is 0 Å². The number of imidazole rings is 1. The van der Waals surface area contributed by atoms with Crippen molar-refractivity contribution in [3.05, 3.63) is 64.2 Å². The first-order chi connectivity index (χ1) is 11.5. The van der Waals surface area contributed by atoms with Gasteiger partial charge in [0.05, 0.1) is 16.0 Å². The Kier molecular flexibility index (Phi) is 4.07. The van der Waals surface area contributed by atoms with Crippen LogP contribution in [0.3, 0.4) is 0 Å². The molecule has 0 atom stereocenters. The van der Waals surface area contributed by atoms with Gasteiger partial charge in [-0.1, -0.05) is 12.1 Å². The lowest BCUT2D eigenvalue weighted by Gasteiger charge is -2.09. The minimum absolute atomic E-state index is 0.121. The van der Waals surface area contributed by atoms with Crippen LogP contribution in [0.5, 0.6) is 5.75 Å². The number of nitrogens with zero attached hydrogens (tertiary/aromatic N) is 3. The fraction of sp³-hybridized carbons (Fsp3) is 0.133. The summed E-state index contributed by atoms with van der Waals surface area (Å²) >= 11 is 0. The maximum atomic E-state index is 13.3. The van der Waals surface area contributed by atoms with E-state index >= 15 is 0 Å². The molecule has 1 heterocycles. The Hall–Kier alpha value is -3.10. The van der Waals surface area contributed by atoms with E-state index < -0.39 is 29.6 Å². The molecule has 0 saturated heterocycles. The molecule has 0 aliphatic heterocycles. The van der Waals surface area contributed by atoms with E-state index in [9.17, 15) is 23.3 Å². The van der Waals surface area contributed by atoms with Crippen LogP contribution in [0.2, 0.25) is 0 Å². The van der Waals surface area contributed by atoms with E-state index in [4.69, 9.17) is 4.74 Å². The Balaban J connectivity index is 1.96. The Morgan fingerprint density at radius 3 is 2.71 bits per heavy atom. The molecule has 0 N–H and O–H groups in total. The van der Waals surface area contributed by atoms with E-state index in [2.05, 4.69) is 4.98 Å². The first-order valence-corrected chi connectivity index (χ1v) is 6.78. The molecule has 0 fully saturated rings. The maximum absolute atomic E-state index is 13.3. The monoisotopic (exact) mass is 337 g/mol. The number of alkyl halides is 2. The topological polar surface area (TPSA) is 70.2 Å².